The third-order valence-corrected chi connectivity index (χ3v) is 3.27. The van der Waals surface area contributed by atoms with E-state index in [0.29, 0.717) is 11.3 Å². The van der Waals surface area contributed by atoms with Crippen molar-refractivity contribution in [1.82, 2.24) is 9.97 Å². The molecule has 98 valence electrons. The number of hydrogen-bond acceptors (Lipinski definition) is 4. The van der Waals surface area contributed by atoms with Crippen LogP contribution in [0.3, 0.4) is 0 Å². The minimum atomic E-state index is -0.531. The molecular weight excluding hydrogens is 311 g/mol. The largest absolute Gasteiger partial charge is 0.366 e. The number of aromatic nitrogens is 2. The fourth-order valence-electron chi connectivity index (χ4n) is 1.33. The Morgan fingerprint density at radius 1 is 1.16 bits per heavy atom. The summed E-state index contributed by atoms with van der Waals surface area (Å²) in [6, 6.07) is 6.53. The summed E-state index contributed by atoms with van der Waals surface area (Å²) in [7, 11) is 0. The molecule has 0 saturated carbocycles. The van der Waals surface area contributed by atoms with Crippen LogP contribution in [-0.4, -0.2) is 15.9 Å². The molecule has 1 amide bonds. The number of nitrogens with zero attached hydrogens (tertiary/aromatic N) is 2. The molecule has 5 nitrogen and oxygen atoms in total. The Hall–Kier alpha value is -1.56. The van der Waals surface area contributed by atoms with Crippen LogP contribution in [0.1, 0.15) is 10.4 Å². The third kappa shape index (κ3) is 3.26. The summed E-state index contributed by atoms with van der Waals surface area (Å²) in [6.07, 6.45) is 0. The molecule has 19 heavy (non-hydrogen) atoms. The smallest absolute Gasteiger partial charge is 0.248 e. The number of halogens is 3. The van der Waals surface area contributed by atoms with Crippen molar-refractivity contribution in [2.45, 2.75) is 0 Å². The molecule has 0 radical (unpaired) electrons. The molecule has 0 fully saturated rings. The van der Waals surface area contributed by atoms with E-state index < -0.39 is 5.91 Å². The van der Waals surface area contributed by atoms with Crippen molar-refractivity contribution in [1.29, 1.82) is 0 Å². The highest BCUT2D eigenvalue weighted by Gasteiger charge is 2.10. The van der Waals surface area contributed by atoms with E-state index in [9.17, 15) is 4.79 Å². The van der Waals surface area contributed by atoms with Crippen LogP contribution >= 0.6 is 34.8 Å². The summed E-state index contributed by atoms with van der Waals surface area (Å²) in [4.78, 5) is 18.9. The maximum absolute atomic E-state index is 11.1. The molecule has 0 aliphatic carbocycles. The van der Waals surface area contributed by atoms with Gasteiger partial charge in [-0.15, -0.1) is 0 Å². The lowest BCUT2D eigenvalue weighted by molar-refractivity contribution is 0.100. The molecule has 2 rings (SSSR count). The van der Waals surface area contributed by atoms with E-state index in [4.69, 9.17) is 40.5 Å². The molecule has 0 aliphatic rings. The van der Waals surface area contributed by atoms with E-state index in [0.717, 1.165) is 0 Å². The molecule has 8 heteroatoms. The Bertz CT molecular complexity index is 625. The molecule has 0 saturated heterocycles. The van der Waals surface area contributed by atoms with Crippen molar-refractivity contribution < 1.29 is 4.79 Å². The Balaban J connectivity index is 2.31. The summed E-state index contributed by atoms with van der Waals surface area (Å²) in [5.74, 6) is -0.363. The van der Waals surface area contributed by atoms with Gasteiger partial charge in [0, 0.05) is 11.3 Å². The van der Waals surface area contributed by atoms with Crippen molar-refractivity contribution in [3.8, 4) is 0 Å². The van der Waals surface area contributed by atoms with Crippen LogP contribution in [0.5, 0.6) is 0 Å². The number of benzene rings is 1. The number of carbonyl (C=O) groups excluding carboxylic acids is 1. The van der Waals surface area contributed by atoms with Crippen LogP contribution in [-0.2, 0) is 0 Å². The van der Waals surface area contributed by atoms with E-state index >= 15 is 0 Å². The highest BCUT2D eigenvalue weighted by atomic mass is 35.5. The molecule has 3 N–H and O–H groups in total. The normalized spacial score (nSPS) is 10.3. The van der Waals surface area contributed by atoms with Gasteiger partial charge in [-0.2, -0.15) is 9.97 Å². The lowest BCUT2D eigenvalue weighted by Crippen LogP contribution is -2.11. The van der Waals surface area contributed by atoms with Gasteiger partial charge in [0.05, 0.1) is 0 Å². The molecule has 0 atom stereocenters. The summed E-state index contributed by atoms with van der Waals surface area (Å²) in [5, 5.41) is 3.01. The average molecular weight is 318 g/mol. The number of amides is 1. The molecule has 1 aromatic heterocycles. The van der Waals surface area contributed by atoms with Gasteiger partial charge in [-0.1, -0.05) is 40.9 Å². The molecule has 0 aliphatic heterocycles. The topological polar surface area (TPSA) is 80.9 Å². The summed E-state index contributed by atoms with van der Waals surface area (Å²) >= 11 is 17.3. The number of nitrogens with one attached hydrogen (secondary N) is 1. The van der Waals surface area contributed by atoms with Crippen LogP contribution in [0.4, 0.5) is 11.6 Å². The second kappa shape index (κ2) is 5.61. The first-order chi connectivity index (χ1) is 8.97. The van der Waals surface area contributed by atoms with E-state index in [-0.39, 0.29) is 21.3 Å². The SMILES string of the molecule is NC(=O)c1cccc(Nc2nc(Cl)c(Cl)c(Cl)n2)c1. The first-order valence-corrected chi connectivity index (χ1v) is 6.16. The lowest BCUT2D eigenvalue weighted by Gasteiger charge is -2.07. The summed E-state index contributed by atoms with van der Waals surface area (Å²) in [5.41, 5.74) is 6.12. The highest BCUT2D eigenvalue weighted by Crippen LogP contribution is 2.28. The third-order valence-electron chi connectivity index (χ3n) is 2.17. The highest BCUT2D eigenvalue weighted by molar-refractivity contribution is 6.46. The van der Waals surface area contributed by atoms with E-state index in [1.54, 1.807) is 24.3 Å². The standard InChI is InChI=1S/C11H7Cl3N4O/c12-7-8(13)17-11(18-9(7)14)16-6-3-1-2-5(4-6)10(15)19/h1-4H,(H2,15,19)(H,16,17,18). The van der Waals surface area contributed by atoms with Gasteiger partial charge >= 0.3 is 0 Å². The van der Waals surface area contributed by atoms with E-state index in [2.05, 4.69) is 15.3 Å². The van der Waals surface area contributed by atoms with Gasteiger partial charge in [-0.05, 0) is 18.2 Å². The first-order valence-electron chi connectivity index (χ1n) is 5.03. The average Bonchev–Trinajstić information content (AvgIpc) is 2.36. The lowest BCUT2D eigenvalue weighted by atomic mass is 10.2. The maximum Gasteiger partial charge on any atom is 0.248 e. The van der Waals surface area contributed by atoms with Crippen molar-refractivity contribution in [2.75, 3.05) is 5.32 Å². The van der Waals surface area contributed by atoms with Crippen LogP contribution in [0.2, 0.25) is 15.3 Å². The Morgan fingerprint density at radius 3 is 2.37 bits per heavy atom. The molecule has 1 aromatic carbocycles. The van der Waals surface area contributed by atoms with Gasteiger partial charge in [0.2, 0.25) is 11.9 Å². The van der Waals surface area contributed by atoms with Crippen LogP contribution in [0.25, 0.3) is 0 Å². The number of anilines is 2. The predicted octanol–water partition coefficient (Wildman–Crippen LogP) is 3.28. The second-order valence-corrected chi connectivity index (χ2v) is 4.61. The summed E-state index contributed by atoms with van der Waals surface area (Å²) in [6.45, 7) is 0. The molecule has 1 heterocycles. The minimum Gasteiger partial charge on any atom is -0.366 e. The van der Waals surface area contributed by atoms with Gasteiger partial charge in [0.1, 0.15) is 5.02 Å². The van der Waals surface area contributed by atoms with Crippen molar-refractivity contribution >= 4 is 52.3 Å². The zero-order valence-electron chi connectivity index (χ0n) is 9.32. The zero-order chi connectivity index (χ0) is 14.0. The number of hydrogen-bond donors (Lipinski definition) is 2. The molecule has 0 bridgehead atoms. The van der Waals surface area contributed by atoms with Crippen molar-refractivity contribution in [3.05, 3.63) is 45.2 Å². The van der Waals surface area contributed by atoms with Crippen LogP contribution in [0.15, 0.2) is 24.3 Å². The molecule has 0 spiro atoms. The fourth-order valence-corrected chi connectivity index (χ4v) is 1.80. The molecule has 0 unspecified atom stereocenters. The first kappa shape index (κ1) is 13.9. The number of rotatable bonds is 3. The zero-order valence-corrected chi connectivity index (χ0v) is 11.6. The number of primary amides is 1. The van der Waals surface area contributed by atoms with Crippen LogP contribution < -0.4 is 11.1 Å². The second-order valence-electron chi connectivity index (χ2n) is 3.51. The number of nitrogens with two attached hydrogens (primary N) is 1. The Morgan fingerprint density at radius 2 is 1.79 bits per heavy atom. The summed E-state index contributed by atoms with van der Waals surface area (Å²) < 4.78 is 0. The Labute approximate surface area is 123 Å². The fraction of sp³-hybridized carbons (Fsp3) is 0. The van der Waals surface area contributed by atoms with Crippen molar-refractivity contribution in [2.24, 2.45) is 5.73 Å². The van der Waals surface area contributed by atoms with Gasteiger partial charge in [0.25, 0.3) is 0 Å². The minimum absolute atomic E-state index is 0.0372. The van der Waals surface area contributed by atoms with Crippen LogP contribution in [0, 0.1) is 0 Å². The van der Waals surface area contributed by atoms with Gasteiger partial charge < -0.3 is 11.1 Å². The quantitative estimate of drug-likeness (QED) is 0.851. The van der Waals surface area contributed by atoms with Gasteiger partial charge in [-0.3, -0.25) is 4.79 Å². The monoisotopic (exact) mass is 316 g/mol. The Kier molecular flexibility index (Phi) is 4.09. The van der Waals surface area contributed by atoms with Crippen molar-refractivity contribution in [3.63, 3.8) is 0 Å². The van der Waals surface area contributed by atoms with E-state index in [1.165, 1.54) is 0 Å². The predicted molar refractivity (Wildman–Crippen MR) is 75.3 cm³/mol. The van der Waals surface area contributed by atoms with Gasteiger partial charge in [-0.25, -0.2) is 0 Å². The molecule has 2 aromatic rings. The maximum atomic E-state index is 11.1. The molecular formula is C11H7Cl3N4O. The number of carbonyl (C=O) groups is 1. The van der Waals surface area contributed by atoms with Gasteiger partial charge in [0.15, 0.2) is 10.3 Å². The van der Waals surface area contributed by atoms with E-state index in [1.807, 2.05) is 0 Å².